The number of aliphatic hydroxyl groups is 9. The fraction of sp³-hybridized carbons (Fsp3) is 0.848. The Bertz CT molecular complexity index is 1390. The molecule has 58 heavy (non-hydrogen) atoms. The van der Waals surface area contributed by atoms with Crippen LogP contribution in [0.3, 0.4) is 0 Å². The second-order valence-corrected chi connectivity index (χ2v) is 13.9. The van der Waals surface area contributed by atoms with E-state index in [1.165, 1.54) is 4.90 Å². The topological polar surface area (TPSA) is 366 Å². The first-order valence-corrected chi connectivity index (χ1v) is 17.9. The second-order valence-electron chi connectivity index (χ2n) is 13.9. The predicted molar refractivity (Wildman–Crippen MR) is 182 cm³/mol. The van der Waals surface area contributed by atoms with Crippen molar-refractivity contribution in [3.8, 4) is 0 Å². The Balaban J connectivity index is 0.000000329. The van der Waals surface area contributed by atoms with Gasteiger partial charge in [-0.2, -0.15) is 0 Å². The van der Waals surface area contributed by atoms with Gasteiger partial charge in [0.2, 0.25) is 0 Å². The van der Waals surface area contributed by atoms with Gasteiger partial charge in [0.25, 0.3) is 0 Å². The average molecular weight is 847 g/mol. The Morgan fingerprint density at radius 3 is 1.66 bits per heavy atom. The quantitative estimate of drug-likeness (QED) is 0.0682. The zero-order valence-corrected chi connectivity index (χ0v) is 32.4. The maximum absolute atomic E-state index is 12.4. The number of likely N-dealkylation sites (tertiary alicyclic amines) is 1. The van der Waals surface area contributed by atoms with Crippen molar-refractivity contribution < 1.29 is 113 Å². The van der Waals surface area contributed by atoms with Crippen molar-refractivity contribution >= 4 is 29.8 Å². The molecule has 4 rings (SSSR count). The largest absolute Gasteiger partial charge is 0.467 e. The first-order chi connectivity index (χ1) is 27.1. The maximum Gasteiger partial charge on any atom is 0.339 e. The molecule has 4 aliphatic rings. The van der Waals surface area contributed by atoms with E-state index in [4.69, 9.17) is 37.9 Å². The molecule has 0 radical (unpaired) electrons. The van der Waals surface area contributed by atoms with Crippen molar-refractivity contribution in [2.75, 3.05) is 47.6 Å². The third-order valence-electron chi connectivity index (χ3n) is 9.63. The molecule has 0 saturated carbocycles. The zero-order chi connectivity index (χ0) is 43.8. The van der Waals surface area contributed by atoms with Gasteiger partial charge in [-0.1, -0.05) is 0 Å². The molecule has 18 atom stereocenters. The molecule has 0 bridgehead atoms. The van der Waals surface area contributed by atoms with Gasteiger partial charge in [0, 0.05) is 33.9 Å². The van der Waals surface area contributed by atoms with Crippen LogP contribution in [0.4, 0.5) is 0 Å². The van der Waals surface area contributed by atoms with Crippen LogP contribution in [0, 0.1) is 0 Å². The summed E-state index contributed by atoms with van der Waals surface area (Å²) in [5.41, 5.74) is 0. The second kappa shape index (κ2) is 21.8. The van der Waals surface area contributed by atoms with Crippen LogP contribution in [0.2, 0.25) is 0 Å². The minimum atomic E-state index is -1.70. The highest BCUT2D eigenvalue weighted by Crippen LogP contribution is 2.31. The van der Waals surface area contributed by atoms with Crippen molar-refractivity contribution in [2.24, 2.45) is 0 Å². The summed E-state index contributed by atoms with van der Waals surface area (Å²) in [5, 5.41) is 91.2. The Kier molecular flexibility index (Phi) is 18.5. The minimum Gasteiger partial charge on any atom is -0.467 e. The third kappa shape index (κ3) is 12.2. The zero-order valence-electron chi connectivity index (χ0n) is 32.4. The van der Waals surface area contributed by atoms with E-state index < -0.39 is 140 Å². The number of ether oxygens (including phenoxy) is 9. The molecule has 0 aliphatic carbocycles. The van der Waals surface area contributed by atoms with Gasteiger partial charge in [-0.3, -0.25) is 19.3 Å². The molecule has 18 unspecified atom stereocenters. The van der Waals surface area contributed by atoms with Gasteiger partial charge in [0.05, 0.1) is 57.8 Å². The summed E-state index contributed by atoms with van der Waals surface area (Å²) in [5.74, 6) is -4.41. The molecule has 4 saturated heterocycles. The Morgan fingerprint density at radius 2 is 1.09 bits per heavy atom. The van der Waals surface area contributed by atoms with Crippen LogP contribution in [0.15, 0.2) is 0 Å². The summed E-state index contributed by atoms with van der Waals surface area (Å²) in [6, 6.07) is -1.60. The fourth-order valence-corrected chi connectivity index (χ4v) is 6.52. The minimum absolute atomic E-state index is 0.0203. The number of β-amino-alcohol motifs (C(OH)–C–C–N with tert-alkyl or cyclic N) is 2. The lowest BCUT2D eigenvalue weighted by molar-refractivity contribution is -0.305. The molecular formula is C33H54N2O23. The molecule has 0 amide bonds. The molecule has 4 heterocycles. The van der Waals surface area contributed by atoms with Gasteiger partial charge in [-0.15, -0.1) is 0 Å². The van der Waals surface area contributed by atoms with Gasteiger partial charge in [0.1, 0.15) is 36.6 Å². The summed E-state index contributed by atoms with van der Waals surface area (Å²) in [6.07, 6.45) is -23.6. The van der Waals surface area contributed by atoms with Crippen molar-refractivity contribution in [1.82, 2.24) is 10.2 Å². The molecule has 0 spiro atoms. The lowest BCUT2D eigenvalue weighted by atomic mass is 9.94. The number of rotatable bonds is 11. The Hall–Kier alpha value is -3.25. The standard InChI is InChI=1S/C20H31NO13.C13H23NO10/c1-8(22)31-15-16(32-9(2)23)18(33-10(3)24)20(34-17(15)19(28)29-5)30-7-11-13(26)14(27)12(25)6-21(11)4;1-22-12(21)11-9(19)8(18)10(20)13(24-11)23-3-4-6(16)7(17)5(15)2-14-4/h11-18,20,25-27H,6-7H2,1-5H3;4-11,13-20H,2-3H2,1H3. The van der Waals surface area contributed by atoms with E-state index in [-0.39, 0.29) is 26.3 Å². The predicted octanol–water partition coefficient (Wildman–Crippen LogP) is -7.87. The molecule has 0 aromatic rings. The summed E-state index contributed by atoms with van der Waals surface area (Å²) >= 11 is 0. The summed E-state index contributed by atoms with van der Waals surface area (Å²) < 4.78 is 46.5. The number of nitrogens with one attached hydrogen (secondary N) is 1. The van der Waals surface area contributed by atoms with Crippen LogP contribution in [-0.4, -0.2) is 238 Å². The molecular weight excluding hydrogens is 792 g/mol. The van der Waals surface area contributed by atoms with E-state index in [9.17, 15) is 69.9 Å². The molecule has 0 aromatic carbocycles. The van der Waals surface area contributed by atoms with Crippen molar-refractivity contribution in [3.63, 3.8) is 0 Å². The van der Waals surface area contributed by atoms with Crippen molar-refractivity contribution in [3.05, 3.63) is 0 Å². The number of esters is 5. The Morgan fingerprint density at radius 1 is 0.586 bits per heavy atom. The van der Waals surface area contributed by atoms with E-state index in [0.29, 0.717) is 0 Å². The number of aliphatic hydroxyl groups excluding tert-OH is 9. The molecule has 4 fully saturated rings. The lowest BCUT2D eigenvalue weighted by Crippen LogP contribution is -2.65. The van der Waals surface area contributed by atoms with E-state index in [0.717, 1.165) is 35.0 Å². The summed E-state index contributed by atoms with van der Waals surface area (Å²) in [7, 11) is 3.71. The van der Waals surface area contributed by atoms with E-state index in [2.05, 4.69) is 10.1 Å². The molecule has 0 aromatic heterocycles. The monoisotopic (exact) mass is 846 g/mol. The van der Waals surface area contributed by atoms with Gasteiger partial charge in [-0.25, -0.2) is 9.59 Å². The lowest BCUT2D eigenvalue weighted by Gasteiger charge is -2.45. The first kappa shape index (κ1) is 49.1. The number of carbonyl (C=O) groups excluding carboxylic acids is 5. The number of likely N-dealkylation sites (N-methyl/N-ethyl adjacent to an activating group) is 1. The molecule has 334 valence electrons. The van der Waals surface area contributed by atoms with Gasteiger partial charge in [-0.05, 0) is 7.05 Å². The third-order valence-corrected chi connectivity index (χ3v) is 9.63. The molecule has 10 N–H and O–H groups in total. The van der Waals surface area contributed by atoms with Gasteiger partial charge < -0.3 is 93.9 Å². The number of piperidine rings is 2. The van der Waals surface area contributed by atoms with E-state index in [1.807, 2.05) is 0 Å². The number of nitrogens with zero attached hydrogens (tertiary/aromatic N) is 1. The van der Waals surface area contributed by atoms with Crippen LogP contribution in [-0.2, 0) is 66.6 Å². The van der Waals surface area contributed by atoms with Crippen molar-refractivity contribution in [1.29, 1.82) is 0 Å². The molecule has 4 aliphatic heterocycles. The number of carbonyl (C=O) groups is 5. The maximum atomic E-state index is 12.4. The highest BCUT2D eigenvalue weighted by atomic mass is 16.7. The van der Waals surface area contributed by atoms with E-state index in [1.54, 1.807) is 7.05 Å². The number of methoxy groups -OCH3 is 2. The highest BCUT2D eigenvalue weighted by molar-refractivity contribution is 5.77. The average Bonchev–Trinajstić information content (AvgIpc) is 3.16. The van der Waals surface area contributed by atoms with E-state index >= 15 is 0 Å². The number of hydrogen-bond donors (Lipinski definition) is 10. The molecule has 25 nitrogen and oxygen atoms in total. The summed E-state index contributed by atoms with van der Waals surface area (Å²) in [4.78, 5) is 60.8. The van der Waals surface area contributed by atoms with Crippen molar-refractivity contribution in [2.45, 2.75) is 131 Å². The van der Waals surface area contributed by atoms with Gasteiger partial charge in [0.15, 0.2) is 43.1 Å². The normalized spacial score (nSPS) is 40.5. The highest BCUT2D eigenvalue weighted by Gasteiger charge is 2.56. The van der Waals surface area contributed by atoms with Crippen LogP contribution < -0.4 is 5.32 Å². The van der Waals surface area contributed by atoms with Crippen LogP contribution in [0.25, 0.3) is 0 Å². The SMILES string of the molecule is COC(=O)C1OC(OCC2C(O)C(O)C(O)CN2C)C(OC(C)=O)C(OC(C)=O)C1OC(C)=O.COC(=O)C1OC(OCC2NCC(O)C(O)C2O)C(O)C(O)C1O. The Labute approximate surface area is 331 Å². The first-order valence-electron chi connectivity index (χ1n) is 17.9. The van der Waals surface area contributed by atoms with Crippen LogP contribution in [0.1, 0.15) is 20.8 Å². The van der Waals surface area contributed by atoms with Crippen LogP contribution in [0.5, 0.6) is 0 Å². The summed E-state index contributed by atoms with van der Waals surface area (Å²) in [6.45, 7) is 2.67. The smallest absolute Gasteiger partial charge is 0.339 e. The fourth-order valence-electron chi connectivity index (χ4n) is 6.52. The molecule has 25 heteroatoms. The van der Waals surface area contributed by atoms with Crippen LogP contribution >= 0.6 is 0 Å². The number of hydrogen-bond acceptors (Lipinski definition) is 25. The van der Waals surface area contributed by atoms with Gasteiger partial charge >= 0.3 is 29.8 Å².